The minimum atomic E-state index is -0.208. The smallest absolute Gasteiger partial charge is 0.283 e. The summed E-state index contributed by atoms with van der Waals surface area (Å²) >= 11 is 1.41. The maximum absolute atomic E-state index is 11.4. The van der Waals surface area contributed by atoms with Crippen LogP contribution in [0.25, 0.3) is 5.69 Å². The molecule has 1 aromatic heterocycles. The first-order valence-electron chi connectivity index (χ1n) is 4.10. The Bertz CT molecular complexity index is 474. The first-order chi connectivity index (χ1) is 6.81. The van der Waals surface area contributed by atoms with Crippen molar-refractivity contribution in [3.63, 3.8) is 0 Å². The number of hydrogen-bond acceptors (Lipinski definition) is 3. The number of para-hydroxylation sites is 1. The molecule has 0 aliphatic carbocycles. The van der Waals surface area contributed by atoms with Crippen molar-refractivity contribution in [2.75, 3.05) is 6.26 Å². The zero-order chi connectivity index (χ0) is 9.97. The van der Waals surface area contributed by atoms with E-state index in [9.17, 15) is 4.79 Å². The lowest BCUT2D eigenvalue weighted by atomic mass is 10.3. The van der Waals surface area contributed by atoms with E-state index >= 15 is 0 Å². The van der Waals surface area contributed by atoms with Gasteiger partial charge in [0.1, 0.15) is 0 Å². The number of nitrogens with one attached hydrogen (secondary N) is 1. The Morgan fingerprint density at radius 2 is 2.07 bits per heavy atom. The summed E-state index contributed by atoms with van der Waals surface area (Å²) in [5, 5.41) is 4.73. The van der Waals surface area contributed by atoms with Gasteiger partial charge in [-0.15, -0.1) is 5.10 Å². The average Bonchev–Trinajstić information content (AvgIpc) is 2.61. The summed E-state index contributed by atoms with van der Waals surface area (Å²) in [5.41, 5.74) is 0.564. The monoisotopic (exact) mass is 207 g/mol. The Morgan fingerprint density at radius 1 is 1.36 bits per heavy atom. The standard InChI is InChI=1S/C9H9N3OS/c1-14-8-10-9(13)12(11-8)7-5-3-2-4-6-7/h2-6H,1H3,(H,10,11,13). The molecule has 0 bridgehead atoms. The van der Waals surface area contributed by atoms with E-state index in [1.807, 2.05) is 36.6 Å². The van der Waals surface area contributed by atoms with E-state index in [4.69, 9.17) is 0 Å². The summed E-state index contributed by atoms with van der Waals surface area (Å²) in [7, 11) is 0. The summed E-state index contributed by atoms with van der Waals surface area (Å²) in [6.45, 7) is 0. The van der Waals surface area contributed by atoms with Crippen LogP contribution in [0.2, 0.25) is 0 Å². The van der Waals surface area contributed by atoms with Crippen molar-refractivity contribution >= 4 is 11.8 Å². The summed E-state index contributed by atoms with van der Waals surface area (Å²) in [5.74, 6) is 0. The second-order valence-electron chi connectivity index (χ2n) is 2.69. The van der Waals surface area contributed by atoms with Crippen molar-refractivity contribution in [2.24, 2.45) is 0 Å². The lowest BCUT2D eigenvalue weighted by Crippen LogP contribution is -2.15. The molecule has 72 valence electrons. The van der Waals surface area contributed by atoms with Crippen molar-refractivity contribution in [1.82, 2.24) is 14.8 Å². The fourth-order valence-corrected chi connectivity index (χ4v) is 1.49. The summed E-state index contributed by atoms with van der Waals surface area (Å²) in [6.07, 6.45) is 1.87. The van der Waals surface area contributed by atoms with Gasteiger partial charge in [-0.1, -0.05) is 30.0 Å². The van der Waals surface area contributed by atoms with Gasteiger partial charge in [0, 0.05) is 0 Å². The highest BCUT2D eigenvalue weighted by Gasteiger charge is 2.04. The molecule has 2 aromatic rings. The van der Waals surface area contributed by atoms with E-state index in [1.165, 1.54) is 16.4 Å². The van der Waals surface area contributed by atoms with Gasteiger partial charge in [0.05, 0.1) is 5.69 Å². The molecule has 5 heteroatoms. The predicted molar refractivity (Wildman–Crippen MR) is 56.0 cm³/mol. The van der Waals surface area contributed by atoms with Crippen LogP contribution in [-0.2, 0) is 0 Å². The maximum atomic E-state index is 11.4. The van der Waals surface area contributed by atoms with Crippen molar-refractivity contribution < 1.29 is 0 Å². The molecular weight excluding hydrogens is 198 g/mol. The fourth-order valence-electron chi connectivity index (χ4n) is 1.14. The molecule has 0 aliphatic heterocycles. The van der Waals surface area contributed by atoms with Gasteiger partial charge >= 0.3 is 5.69 Å². The van der Waals surface area contributed by atoms with E-state index in [2.05, 4.69) is 10.1 Å². The molecule has 2 rings (SSSR count). The molecule has 0 fully saturated rings. The number of benzene rings is 1. The van der Waals surface area contributed by atoms with E-state index < -0.39 is 0 Å². The van der Waals surface area contributed by atoms with Gasteiger partial charge < -0.3 is 0 Å². The number of hydrogen-bond donors (Lipinski definition) is 1. The lowest BCUT2D eigenvalue weighted by molar-refractivity contribution is 0.815. The second-order valence-corrected chi connectivity index (χ2v) is 3.48. The zero-order valence-electron chi connectivity index (χ0n) is 7.60. The van der Waals surface area contributed by atoms with Crippen molar-refractivity contribution in [3.8, 4) is 5.69 Å². The predicted octanol–water partition coefficient (Wildman–Crippen LogP) is 1.28. The SMILES string of the molecule is CSc1nn(-c2ccccc2)c(=O)[nH]1. The van der Waals surface area contributed by atoms with Crippen LogP contribution in [0, 0.1) is 0 Å². The Hall–Kier alpha value is -1.49. The Balaban J connectivity index is 2.52. The van der Waals surface area contributed by atoms with Crippen LogP contribution in [0.4, 0.5) is 0 Å². The fraction of sp³-hybridized carbons (Fsp3) is 0.111. The van der Waals surface area contributed by atoms with Crippen LogP contribution in [0.1, 0.15) is 0 Å². The quantitative estimate of drug-likeness (QED) is 0.755. The summed E-state index contributed by atoms with van der Waals surface area (Å²) in [4.78, 5) is 14.1. The van der Waals surface area contributed by atoms with Crippen LogP contribution in [0.5, 0.6) is 0 Å². The average molecular weight is 207 g/mol. The maximum Gasteiger partial charge on any atom is 0.348 e. The number of H-pyrrole nitrogens is 1. The molecule has 0 aliphatic rings. The third kappa shape index (κ3) is 1.58. The number of rotatable bonds is 2. The highest BCUT2D eigenvalue weighted by atomic mass is 32.2. The van der Waals surface area contributed by atoms with Gasteiger partial charge in [0.25, 0.3) is 0 Å². The van der Waals surface area contributed by atoms with Crippen molar-refractivity contribution in [2.45, 2.75) is 5.16 Å². The minimum Gasteiger partial charge on any atom is -0.283 e. The molecule has 0 radical (unpaired) electrons. The van der Waals surface area contributed by atoms with Crippen molar-refractivity contribution in [3.05, 3.63) is 40.8 Å². The lowest BCUT2D eigenvalue weighted by Gasteiger charge is -1.96. The van der Waals surface area contributed by atoms with Crippen LogP contribution < -0.4 is 5.69 Å². The van der Waals surface area contributed by atoms with Gasteiger partial charge in [0.15, 0.2) is 5.16 Å². The van der Waals surface area contributed by atoms with Gasteiger partial charge in [-0.05, 0) is 18.4 Å². The molecule has 14 heavy (non-hydrogen) atoms. The van der Waals surface area contributed by atoms with E-state index in [0.29, 0.717) is 5.16 Å². The van der Waals surface area contributed by atoms with Gasteiger partial charge in [0.2, 0.25) is 0 Å². The van der Waals surface area contributed by atoms with Crippen LogP contribution in [0.3, 0.4) is 0 Å². The minimum absolute atomic E-state index is 0.208. The van der Waals surface area contributed by atoms with Crippen LogP contribution in [-0.4, -0.2) is 21.0 Å². The molecule has 1 N–H and O–H groups in total. The molecule has 4 nitrogen and oxygen atoms in total. The van der Waals surface area contributed by atoms with Gasteiger partial charge in [-0.2, -0.15) is 4.68 Å². The number of thioether (sulfide) groups is 1. The molecule has 0 amide bonds. The van der Waals surface area contributed by atoms with Crippen molar-refractivity contribution in [1.29, 1.82) is 0 Å². The highest BCUT2D eigenvalue weighted by Crippen LogP contribution is 2.07. The number of nitrogens with zero attached hydrogens (tertiary/aromatic N) is 2. The molecule has 0 saturated carbocycles. The third-order valence-electron chi connectivity index (χ3n) is 1.79. The molecule has 0 saturated heterocycles. The molecule has 0 unspecified atom stereocenters. The molecular formula is C9H9N3OS. The summed E-state index contributed by atoms with van der Waals surface area (Å²) < 4.78 is 1.35. The van der Waals surface area contributed by atoms with E-state index in [-0.39, 0.29) is 5.69 Å². The largest absolute Gasteiger partial charge is 0.348 e. The van der Waals surface area contributed by atoms with E-state index in [1.54, 1.807) is 0 Å². The highest BCUT2D eigenvalue weighted by molar-refractivity contribution is 7.98. The Labute approximate surface area is 85.0 Å². The second kappa shape index (κ2) is 3.71. The molecule has 0 atom stereocenters. The molecule has 1 heterocycles. The third-order valence-corrected chi connectivity index (χ3v) is 2.36. The first-order valence-corrected chi connectivity index (χ1v) is 5.32. The molecule has 1 aromatic carbocycles. The Kier molecular flexibility index (Phi) is 2.41. The first kappa shape index (κ1) is 9.08. The van der Waals surface area contributed by atoms with Crippen LogP contribution >= 0.6 is 11.8 Å². The van der Waals surface area contributed by atoms with E-state index in [0.717, 1.165) is 5.69 Å². The topological polar surface area (TPSA) is 50.7 Å². The van der Waals surface area contributed by atoms with Crippen LogP contribution in [0.15, 0.2) is 40.3 Å². The zero-order valence-corrected chi connectivity index (χ0v) is 8.41. The normalized spacial score (nSPS) is 10.4. The number of aromatic amines is 1. The Morgan fingerprint density at radius 3 is 2.64 bits per heavy atom. The number of aromatic nitrogens is 3. The van der Waals surface area contributed by atoms with Gasteiger partial charge in [-0.3, -0.25) is 4.98 Å². The molecule has 0 spiro atoms. The summed E-state index contributed by atoms with van der Waals surface area (Å²) in [6, 6.07) is 9.32. The van der Waals surface area contributed by atoms with Gasteiger partial charge in [-0.25, -0.2) is 4.79 Å².